The van der Waals surface area contributed by atoms with E-state index in [9.17, 15) is 0 Å². The fraction of sp³-hybridized carbons (Fsp3) is 0.250. The topological polar surface area (TPSA) is 99.2 Å². The number of aromatic amines is 1. The van der Waals surface area contributed by atoms with Crippen LogP contribution in [-0.4, -0.2) is 21.8 Å². The molecule has 7 nitrogen and oxygen atoms in total. The minimum atomic E-state index is 0.0444. The Hall–Kier alpha value is -3.74. The van der Waals surface area contributed by atoms with Crippen molar-refractivity contribution in [2.24, 2.45) is 5.41 Å². The molecule has 4 rings (SSSR count). The number of hydrogen-bond donors (Lipinski definition) is 2. The van der Waals surface area contributed by atoms with Crippen LogP contribution >= 0.6 is 0 Å². The highest BCUT2D eigenvalue weighted by atomic mass is 16.5. The molecule has 0 bridgehead atoms. The maximum Gasteiger partial charge on any atom is 0.292 e. The lowest BCUT2D eigenvalue weighted by molar-refractivity contribution is 0.198. The molecule has 31 heavy (non-hydrogen) atoms. The van der Waals surface area contributed by atoms with Crippen LogP contribution in [0.5, 0.6) is 17.2 Å². The van der Waals surface area contributed by atoms with Crippen molar-refractivity contribution >= 4 is 6.01 Å². The number of nitrogens with one attached hydrogen (secondary N) is 1. The fourth-order valence-corrected chi connectivity index (χ4v) is 3.07. The van der Waals surface area contributed by atoms with Crippen molar-refractivity contribution in [2.45, 2.75) is 27.7 Å². The maximum absolute atomic E-state index is 6.17. The molecule has 2 aromatic heterocycles. The van der Waals surface area contributed by atoms with Gasteiger partial charge in [0.05, 0.1) is 12.8 Å². The first kappa shape index (κ1) is 20.5. The van der Waals surface area contributed by atoms with Gasteiger partial charge in [0.2, 0.25) is 0 Å². The zero-order valence-corrected chi connectivity index (χ0v) is 18.1. The van der Waals surface area contributed by atoms with Crippen LogP contribution in [0.2, 0.25) is 0 Å². The maximum atomic E-state index is 6.17. The lowest BCUT2D eigenvalue weighted by Gasteiger charge is -2.19. The third-order valence-corrected chi connectivity index (χ3v) is 4.64. The summed E-state index contributed by atoms with van der Waals surface area (Å²) in [4.78, 5) is 4.26. The predicted octanol–water partition coefficient (Wildman–Crippen LogP) is 5.84. The summed E-state index contributed by atoms with van der Waals surface area (Å²) in [5.74, 6) is 2.05. The van der Waals surface area contributed by atoms with Gasteiger partial charge in [-0.25, -0.2) is 0 Å². The van der Waals surface area contributed by atoms with Crippen molar-refractivity contribution in [3.8, 4) is 39.6 Å². The van der Waals surface area contributed by atoms with Crippen LogP contribution in [0.3, 0.4) is 0 Å². The molecule has 160 valence electrons. The Kier molecular flexibility index (Phi) is 5.42. The molecule has 2 heterocycles. The van der Waals surface area contributed by atoms with Crippen molar-refractivity contribution in [1.82, 2.24) is 15.2 Å². The van der Waals surface area contributed by atoms with Crippen molar-refractivity contribution in [1.29, 1.82) is 0 Å². The van der Waals surface area contributed by atoms with E-state index in [0.29, 0.717) is 23.8 Å². The minimum Gasteiger partial charge on any atom is -0.493 e. The number of oxazole rings is 1. The lowest BCUT2D eigenvalue weighted by atomic mass is 9.99. The van der Waals surface area contributed by atoms with E-state index in [1.807, 2.05) is 55.6 Å². The van der Waals surface area contributed by atoms with E-state index >= 15 is 0 Å². The van der Waals surface area contributed by atoms with E-state index in [1.165, 1.54) is 6.26 Å². The Labute approximate surface area is 181 Å². The third kappa shape index (κ3) is 4.88. The number of nitrogens with zero attached hydrogens (tertiary/aromatic N) is 2. The highest BCUT2D eigenvalue weighted by Gasteiger charge is 2.16. The molecule has 7 heteroatoms. The molecule has 0 atom stereocenters. The molecule has 0 aliphatic heterocycles. The Morgan fingerprint density at radius 2 is 1.77 bits per heavy atom. The number of nitrogen functional groups attached to an aromatic ring is 1. The van der Waals surface area contributed by atoms with E-state index in [-0.39, 0.29) is 11.4 Å². The number of rotatable bonds is 6. The Morgan fingerprint density at radius 3 is 2.39 bits per heavy atom. The zero-order chi connectivity index (χ0) is 22.0. The molecular weight excluding hydrogens is 392 g/mol. The standard InChI is InChI=1S/C24H26N4O3/c1-15-20(12-26-28-15)16-5-7-17(8-6-16)31-22-10-9-18(30-14-24(2,3)4)11-19(22)21-13-29-23(25)27-21/h5-13H,14H2,1-4H3,(H2,25,27)(H,26,28). The SMILES string of the molecule is Cc1[nH]ncc1-c1ccc(Oc2ccc(OCC(C)(C)C)cc2-c2coc(N)n2)cc1. The lowest BCUT2D eigenvalue weighted by Crippen LogP contribution is -2.16. The van der Waals surface area contributed by atoms with E-state index in [2.05, 4.69) is 36.0 Å². The molecule has 2 aromatic carbocycles. The smallest absolute Gasteiger partial charge is 0.292 e. The van der Waals surface area contributed by atoms with Gasteiger partial charge in [-0.05, 0) is 48.2 Å². The summed E-state index contributed by atoms with van der Waals surface area (Å²) in [7, 11) is 0. The van der Waals surface area contributed by atoms with Crippen molar-refractivity contribution in [3.05, 3.63) is 60.6 Å². The molecular formula is C24H26N4O3. The highest BCUT2D eigenvalue weighted by molar-refractivity contribution is 5.70. The van der Waals surface area contributed by atoms with Crippen molar-refractivity contribution < 1.29 is 13.9 Å². The van der Waals surface area contributed by atoms with Crippen LogP contribution in [-0.2, 0) is 0 Å². The molecule has 0 radical (unpaired) electrons. The molecule has 0 amide bonds. The number of hydrogen-bond acceptors (Lipinski definition) is 6. The summed E-state index contributed by atoms with van der Waals surface area (Å²) in [6, 6.07) is 13.6. The van der Waals surface area contributed by atoms with E-state index < -0.39 is 0 Å². The molecule has 0 unspecified atom stereocenters. The number of H-pyrrole nitrogens is 1. The fourth-order valence-electron chi connectivity index (χ4n) is 3.07. The second-order valence-electron chi connectivity index (χ2n) is 8.61. The van der Waals surface area contributed by atoms with Gasteiger partial charge in [0.15, 0.2) is 0 Å². The molecule has 0 saturated heterocycles. The highest BCUT2D eigenvalue weighted by Crippen LogP contribution is 2.37. The van der Waals surface area contributed by atoms with E-state index in [4.69, 9.17) is 19.6 Å². The van der Waals surface area contributed by atoms with E-state index in [0.717, 1.165) is 28.1 Å². The predicted molar refractivity (Wildman–Crippen MR) is 120 cm³/mol. The van der Waals surface area contributed by atoms with Crippen molar-refractivity contribution in [2.75, 3.05) is 12.3 Å². The van der Waals surface area contributed by atoms with Crippen LogP contribution in [0.15, 0.2) is 59.3 Å². The number of benzene rings is 2. The molecule has 0 aliphatic rings. The van der Waals surface area contributed by atoms with Crippen LogP contribution in [0.25, 0.3) is 22.4 Å². The van der Waals surface area contributed by atoms with Gasteiger partial charge < -0.3 is 19.6 Å². The van der Waals surface area contributed by atoms with E-state index in [1.54, 1.807) is 0 Å². The normalized spacial score (nSPS) is 11.5. The van der Waals surface area contributed by atoms with Crippen LogP contribution < -0.4 is 15.2 Å². The summed E-state index contributed by atoms with van der Waals surface area (Å²) < 4.78 is 17.3. The summed E-state index contributed by atoms with van der Waals surface area (Å²) in [6.07, 6.45) is 3.32. The molecule has 3 N–H and O–H groups in total. The Morgan fingerprint density at radius 1 is 1.03 bits per heavy atom. The minimum absolute atomic E-state index is 0.0444. The molecule has 0 saturated carbocycles. The van der Waals surface area contributed by atoms with Gasteiger partial charge in [-0.15, -0.1) is 0 Å². The first-order valence-corrected chi connectivity index (χ1v) is 10.0. The number of nitrogens with two attached hydrogens (primary N) is 1. The first-order chi connectivity index (χ1) is 14.8. The van der Waals surface area contributed by atoms with Gasteiger partial charge in [-0.2, -0.15) is 10.1 Å². The van der Waals surface area contributed by atoms with Crippen LogP contribution in [0, 0.1) is 12.3 Å². The largest absolute Gasteiger partial charge is 0.493 e. The number of aryl methyl sites for hydroxylation is 1. The monoisotopic (exact) mass is 418 g/mol. The summed E-state index contributed by atoms with van der Waals surface area (Å²) in [6.45, 7) is 8.95. The molecule has 0 spiro atoms. The average Bonchev–Trinajstić information content (AvgIpc) is 3.35. The van der Waals surface area contributed by atoms with Crippen LogP contribution in [0.1, 0.15) is 26.5 Å². The summed E-state index contributed by atoms with van der Waals surface area (Å²) in [5.41, 5.74) is 10.2. The molecule has 0 aliphatic carbocycles. The van der Waals surface area contributed by atoms with Gasteiger partial charge in [-0.3, -0.25) is 5.10 Å². The van der Waals surface area contributed by atoms with Gasteiger partial charge in [-0.1, -0.05) is 32.9 Å². The molecule has 4 aromatic rings. The number of ether oxygens (including phenoxy) is 2. The summed E-state index contributed by atoms with van der Waals surface area (Å²) in [5, 5.41) is 7.03. The second kappa shape index (κ2) is 8.18. The average molecular weight is 418 g/mol. The Bertz CT molecular complexity index is 1170. The van der Waals surface area contributed by atoms with Crippen molar-refractivity contribution in [3.63, 3.8) is 0 Å². The number of anilines is 1. The van der Waals surface area contributed by atoms with Gasteiger partial charge >= 0.3 is 0 Å². The second-order valence-corrected chi connectivity index (χ2v) is 8.61. The van der Waals surface area contributed by atoms with Gasteiger partial charge in [0.25, 0.3) is 6.01 Å². The van der Waals surface area contributed by atoms with Crippen LogP contribution in [0.4, 0.5) is 6.01 Å². The van der Waals surface area contributed by atoms with Gasteiger partial charge in [0, 0.05) is 16.8 Å². The quantitative estimate of drug-likeness (QED) is 0.408. The third-order valence-electron chi connectivity index (χ3n) is 4.64. The Balaban J connectivity index is 1.61. The first-order valence-electron chi connectivity index (χ1n) is 10.0. The zero-order valence-electron chi connectivity index (χ0n) is 18.1. The number of aromatic nitrogens is 3. The van der Waals surface area contributed by atoms with Gasteiger partial charge in [0.1, 0.15) is 29.2 Å². The molecule has 0 fully saturated rings. The summed E-state index contributed by atoms with van der Waals surface area (Å²) >= 11 is 0.